The van der Waals surface area contributed by atoms with Crippen molar-refractivity contribution in [1.29, 1.82) is 0 Å². The maximum absolute atomic E-state index is 13.0. The number of nitrogens with zero attached hydrogens (tertiary/aromatic N) is 3. The molecule has 0 bridgehead atoms. The number of pyridine rings is 1. The Morgan fingerprint density at radius 1 is 1.22 bits per heavy atom. The Balaban J connectivity index is 1.31. The predicted molar refractivity (Wildman–Crippen MR) is 152 cm³/mol. The number of aryl methyl sites for hydroxylation is 1. The van der Waals surface area contributed by atoms with Crippen molar-refractivity contribution in [3.05, 3.63) is 60.9 Å². The number of rotatable bonds is 13. The second-order valence-electron chi connectivity index (χ2n) is 10.0. The highest BCUT2D eigenvalue weighted by Gasteiger charge is 2.29. The molecule has 0 aliphatic heterocycles. The van der Waals surface area contributed by atoms with Crippen LogP contribution >= 0.6 is 0 Å². The third-order valence-electron chi connectivity index (χ3n) is 7.43. The number of phenolic OH excluding ortho intramolecular Hbond substituents is 1. The van der Waals surface area contributed by atoms with Gasteiger partial charge in [0, 0.05) is 48.6 Å². The molecular formula is C31H40N4O2. The molecule has 2 N–H and O–H groups in total. The number of amides is 1. The fraction of sp³-hybridized carbons (Fsp3) is 0.452. The average Bonchev–Trinajstić information content (AvgIpc) is 3.57. The first-order valence-corrected chi connectivity index (χ1v) is 13.8. The molecule has 1 aliphatic carbocycles. The lowest BCUT2D eigenvalue weighted by molar-refractivity contribution is -0.126. The summed E-state index contributed by atoms with van der Waals surface area (Å²) in [6, 6.07) is 11.4. The molecule has 1 aliphatic rings. The van der Waals surface area contributed by atoms with E-state index in [0.717, 1.165) is 54.4 Å². The Hall–Kier alpha value is -3.41. The van der Waals surface area contributed by atoms with Gasteiger partial charge in [0.05, 0.1) is 6.54 Å². The van der Waals surface area contributed by atoms with Crippen molar-refractivity contribution < 1.29 is 9.90 Å². The largest absolute Gasteiger partial charge is 0.508 e. The van der Waals surface area contributed by atoms with E-state index < -0.39 is 0 Å². The lowest BCUT2D eigenvalue weighted by Gasteiger charge is -2.22. The summed E-state index contributed by atoms with van der Waals surface area (Å²) in [5, 5.41) is 14.2. The molecular weight excluding hydrogens is 460 g/mol. The van der Waals surface area contributed by atoms with Crippen LogP contribution in [0, 0.1) is 11.8 Å². The number of carbonyl (C=O) groups is 1. The summed E-state index contributed by atoms with van der Waals surface area (Å²) in [7, 11) is 0. The zero-order valence-corrected chi connectivity index (χ0v) is 22.0. The Bertz CT molecular complexity index is 1210. The number of benzene rings is 1. The smallest absolute Gasteiger partial charge is 0.223 e. The second kappa shape index (κ2) is 13.8. The van der Waals surface area contributed by atoms with Gasteiger partial charge in [0.15, 0.2) is 0 Å². The molecule has 2 heterocycles. The molecule has 1 aromatic carbocycles. The third kappa shape index (κ3) is 7.31. The zero-order chi connectivity index (χ0) is 25.9. The number of aromatic nitrogens is 2. The van der Waals surface area contributed by atoms with Crippen molar-refractivity contribution in [2.45, 2.75) is 64.8 Å². The molecule has 1 unspecified atom stereocenters. The Morgan fingerprint density at radius 3 is 2.89 bits per heavy atom. The van der Waals surface area contributed by atoms with Crippen molar-refractivity contribution in [1.82, 2.24) is 14.9 Å². The molecule has 6 heteroatoms. The van der Waals surface area contributed by atoms with Crippen LogP contribution in [0.4, 0.5) is 0 Å². The molecule has 196 valence electrons. The standard InChI is InChI=1S/C31H40N4O2/c1-2-3-17-32-19-20-34-31(37)27(24-11-6-7-12-24)15-5-4-8-21-35-23-29(25-13-9-14-26(36)22-25)28-16-10-18-33-30(28)35/h2-3,9-10,13-14,16-18,22-24,27,36H,4-8,11-12,15,19-21H2,1H3,(H,34,37)/b3-2-,32-17?. The second-order valence-corrected chi connectivity index (χ2v) is 10.0. The molecule has 1 atom stereocenters. The molecule has 1 fully saturated rings. The topological polar surface area (TPSA) is 79.5 Å². The fourth-order valence-electron chi connectivity index (χ4n) is 5.56. The van der Waals surface area contributed by atoms with E-state index in [1.807, 2.05) is 43.5 Å². The van der Waals surface area contributed by atoms with E-state index in [0.29, 0.717) is 19.0 Å². The highest BCUT2D eigenvalue weighted by molar-refractivity contribution is 5.94. The van der Waals surface area contributed by atoms with E-state index in [9.17, 15) is 9.90 Å². The Labute approximate surface area is 220 Å². The van der Waals surface area contributed by atoms with Gasteiger partial charge in [-0.25, -0.2) is 4.98 Å². The molecule has 2 aromatic heterocycles. The first-order valence-electron chi connectivity index (χ1n) is 13.8. The van der Waals surface area contributed by atoms with Crippen molar-refractivity contribution in [2.24, 2.45) is 16.8 Å². The van der Waals surface area contributed by atoms with Crippen LogP contribution in [0.25, 0.3) is 22.2 Å². The van der Waals surface area contributed by atoms with Crippen molar-refractivity contribution >= 4 is 23.2 Å². The first kappa shape index (κ1) is 26.6. The van der Waals surface area contributed by atoms with Crippen LogP contribution in [0.1, 0.15) is 58.3 Å². The van der Waals surface area contributed by atoms with Gasteiger partial charge in [-0.05, 0) is 74.4 Å². The SMILES string of the molecule is C/C=C\C=NCCNC(=O)C(CCCCCn1cc(-c2cccc(O)c2)c2cccnc21)C1CCCC1. The van der Waals surface area contributed by atoms with Crippen LogP contribution in [0.3, 0.4) is 0 Å². The number of phenols is 1. The summed E-state index contributed by atoms with van der Waals surface area (Å²) in [6.07, 6.45) is 18.6. The van der Waals surface area contributed by atoms with Crippen LogP contribution in [0.5, 0.6) is 5.75 Å². The number of aromatic hydroxyl groups is 1. The summed E-state index contributed by atoms with van der Waals surface area (Å²) in [5.41, 5.74) is 3.06. The summed E-state index contributed by atoms with van der Waals surface area (Å²) < 4.78 is 2.23. The summed E-state index contributed by atoms with van der Waals surface area (Å²) >= 11 is 0. The normalized spacial score (nSPS) is 15.3. The van der Waals surface area contributed by atoms with Gasteiger partial charge in [0.2, 0.25) is 5.91 Å². The average molecular weight is 501 g/mol. The van der Waals surface area contributed by atoms with Crippen LogP contribution in [-0.2, 0) is 11.3 Å². The maximum atomic E-state index is 13.0. The number of carbonyl (C=O) groups excluding carboxylic acids is 1. The van der Waals surface area contributed by atoms with Crippen LogP contribution in [0.15, 0.2) is 65.9 Å². The van der Waals surface area contributed by atoms with Gasteiger partial charge in [0.1, 0.15) is 11.4 Å². The van der Waals surface area contributed by atoms with Crippen LogP contribution in [-0.4, -0.2) is 39.9 Å². The quantitative estimate of drug-likeness (QED) is 0.207. The molecule has 0 spiro atoms. The number of hydrogen-bond donors (Lipinski definition) is 2. The minimum atomic E-state index is 0.119. The van der Waals surface area contributed by atoms with E-state index in [-0.39, 0.29) is 17.6 Å². The first-order chi connectivity index (χ1) is 18.2. The molecule has 0 saturated heterocycles. The van der Waals surface area contributed by atoms with E-state index >= 15 is 0 Å². The van der Waals surface area contributed by atoms with E-state index in [4.69, 9.17) is 0 Å². The number of allylic oxidation sites excluding steroid dienone is 2. The van der Waals surface area contributed by atoms with Gasteiger partial charge in [0.25, 0.3) is 0 Å². The maximum Gasteiger partial charge on any atom is 0.223 e. The molecule has 1 saturated carbocycles. The number of fused-ring (bicyclic) bond motifs is 1. The number of unbranched alkanes of at least 4 members (excludes halogenated alkanes) is 2. The summed E-state index contributed by atoms with van der Waals surface area (Å²) in [4.78, 5) is 21.9. The Kier molecular flexibility index (Phi) is 9.92. The van der Waals surface area contributed by atoms with Gasteiger partial charge < -0.3 is 15.0 Å². The number of aliphatic imine (C=N–C) groups is 1. The molecule has 3 aromatic rings. The van der Waals surface area contributed by atoms with Crippen LogP contribution < -0.4 is 5.32 Å². The minimum Gasteiger partial charge on any atom is -0.508 e. The lowest BCUT2D eigenvalue weighted by atomic mass is 9.85. The zero-order valence-electron chi connectivity index (χ0n) is 22.0. The monoisotopic (exact) mass is 500 g/mol. The van der Waals surface area contributed by atoms with E-state index in [1.165, 1.54) is 25.7 Å². The van der Waals surface area contributed by atoms with Crippen molar-refractivity contribution in [2.75, 3.05) is 13.1 Å². The van der Waals surface area contributed by atoms with Gasteiger partial charge in [-0.3, -0.25) is 9.79 Å². The van der Waals surface area contributed by atoms with Crippen molar-refractivity contribution in [3.8, 4) is 16.9 Å². The lowest BCUT2D eigenvalue weighted by Crippen LogP contribution is -2.35. The van der Waals surface area contributed by atoms with E-state index in [2.05, 4.69) is 32.1 Å². The number of nitrogens with one attached hydrogen (secondary N) is 1. The van der Waals surface area contributed by atoms with Gasteiger partial charge in [-0.15, -0.1) is 0 Å². The van der Waals surface area contributed by atoms with Crippen molar-refractivity contribution in [3.63, 3.8) is 0 Å². The molecule has 1 amide bonds. The minimum absolute atomic E-state index is 0.119. The van der Waals surface area contributed by atoms with E-state index in [1.54, 1.807) is 18.3 Å². The van der Waals surface area contributed by atoms with Crippen LogP contribution in [0.2, 0.25) is 0 Å². The van der Waals surface area contributed by atoms with Gasteiger partial charge in [-0.2, -0.15) is 0 Å². The predicted octanol–water partition coefficient (Wildman–Crippen LogP) is 6.54. The summed E-state index contributed by atoms with van der Waals surface area (Å²) in [6.45, 7) is 4.07. The number of hydrogen-bond acceptors (Lipinski definition) is 4. The van der Waals surface area contributed by atoms with Gasteiger partial charge >= 0.3 is 0 Å². The highest BCUT2D eigenvalue weighted by atomic mass is 16.3. The third-order valence-corrected chi connectivity index (χ3v) is 7.43. The summed E-state index contributed by atoms with van der Waals surface area (Å²) in [5.74, 6) is 1.12. The fourth-order valence-corrected chi connectivity index (χ4v) is 5.56. The molecule has 6 nitrogen and oxygen atoms in total. The Morgan fingerprint density at radius 2 is 2.08 bits per heavy atom. The van der Waals surface area contributed by atoms with Gasteiger partial charge in [-0.1, -0.05) is 43.9 Å². The molecule has 37 heavy (non-hydrogen) atoms. The highest BCUT2D eigenvalue weighted by Crippen LogP contribution is 2.35. The molecule has 0 radical (unpaired) electrons. The molecule has 4 rings (SSSR count).